The van der Waals surface area contributed by atoms with E-state index in [2.05, 4.69) is 17.1 Å². The van der Waals surface area contributed by atoms with Gasteiger partial charge in [0.05, 0.1) is 0 Å². The minimum atomic E-state index is -0.441. The molecule has 0 radical (unpaired) electrons. The average Bonchev–Trinajstić information content (AvgIpc) is 2.36. The fourth-order valence-electron chi connectivity index (χ4n) is 2.52. The first-order valence-corrected chi connectivity index (χ1v) is 6.60. The highest BCUT2D eigenvalue weighted by atomic mass is 19.1. The van der Waals surface area contributed by atoms with Gasteiger partial charge in [0.15, 0.2) is 0 Å². The van der Waals surface area contributed by atoms with Gasteiger partial charge in [0.2, 0.25) is 0 Å². The first-order valence-electron chi connectivity index (χ1n) is 6.60. The smallest absolute Gasteiger partial charge is 0.130 e. The van der Waals surface area contributed by atoms with Crippen LogP contribution in [-0.2, 0) is 6.54 Å². The molecule has 1 atom stereocenters. The molecule has 0 saturated carbocycles. The maximum absolute atomic E-state index is 13.6. The van der Waals surface area contributed by atoms with E-state index in [1.165, 1.54) is 18.2 Å². The molecule has 1 aliphatic rings. The highest BCUT2D eigenvalue weighted by molar-refractivity contribution is 5.19. The van der Waals surface area contributed by atoms with Crippen molar-refractivity contribution in [1.82, 2.24) is 10.2 Å². The second-order valence-electron chi connectivity index (χ2n) is 4.82. The van der Waals surface area contributed by atoms with Gasteiger partial charge in [-0.3, -0.25) is 4.90 Å². The van der Waals surface area contributed by atoms with Crippen LogP contribution in [0.1, 0.15) is 25.3 Å². The van der Waals surface area contributed by atoms with Gasteiger partial charge in [0.1, 0.15) is 11.6 Å². The quantitative estimate of drug-likeness (QED) is 0.888. The molecular formula is C14H20F2N2. The lowest BCUT2D eigenvalue weighted by Crippen LogP contribution is -2.50. The number of hydrogen-bond acceptors (Lipinski definition) is 2. The molecule has 0 amide bonds. The summed E-state index contributed by atoms with van der Waals surface area (Å²) in [6.07, 6.45) is 2.14. The third kappa shape index (κ3) is 3.06. The molecule has 1 saturated heterocycles. The molecule has 2 nitrogen and oxygen atoms in total. The SMILES string of the molecule is CCCC1CNCCN1Cc1c(F)cccc1F. The van der Waals surface area contributed by atoms with Crippen LogP contribution in [0.5, 0.6) is 0 Å². The first kappa shape index (κ1) is 13.4. The summed E-state index contributed by atoms with van der Waals surface area (Å²) < 4.78 is 27.3. The van der Waals surface area contributed by atoms with Crippen LogP contribution in [0.3, 0.4) is 0 Å². The van der Waals surface area contributed by atoms with E-state index in [-0.39, 0.29) is 5.56 Å². The molecule has 1 N–H and O–H groups in total. The largest absolute Gasteiger partial charge is 0.314 e. The normalized spacial score (nSPS) is 21.2. The Bertz CT molecular complexity index is 373. The molecule has 1 unspecified atom stereocenters. The van der Waals surface area contributed by atoms with Gasteiger partial charge in [-0.05, 0) is 18.6 Å². The minimum Gasteiger partial charge on any atom is -0.314 e. The van der Waals surface area contributed by atoms with Crippen LogP contribution < -0.4 is 5.32 Å². The molecule has 1 fully saturated rings. The molecule has 1 aliphatic heterocycles. The third-order valence-electron chi connectivity index (χ3n) is 3.52. The third-order valence-corrected chi connectivity index (χ3v) is 3.52. The maximum Gasteiger partial charge on any atom is 0.130 e. The molecule has 18 heavy (non-hydrogen) atoms. The fraction of sp³-hybridized carbons (Fsp3) is 0.571. The van der Waals surface area contributed by atoms with Gasteiger partial charge < -0.3 is 5.32 Å². The Kier molecular flexibility index (Phi) is 4.66. The predicted octanol–water partition coefficient (Wildman–Crippen LogP) is 2.54. The topological polar surface area (TPSA) is 15.3 Å². The second kappa shape index (κ2) is 6.25. The van der Waals surface area contributed by atoms with E-state index in [0.717, 1.165) is 32.5 Å². The average molecular weight is 254 g/mol. The Hall–Kier alpha value is -1.00. The summed E-state index contributed by atoms with van der Waals surface area (Å²) in [5.74, 6) is -0.882. The van der Waals surface area contributed by atoms with Crippen molar-refractivity contribution >= 4 is 0 Å². The first-order chi connectivity index (χ1) is 8.72. The van der Waals surface area contributed by atoms with Crippen molar-refractivity contribution in [2.45, 2.75) is 32.4 Å². The molecule has 1 aromatic rings. The predicted molar refractivity (Wildman–Crippen MR) is 68.3 cm³/mol. The molecule has 100 valence electrons. The zero-order chi connectivity index (χ0) is 13.0. The molecular weight excluding hydrogens is 234 g/mol. The number of halogens is 2. The molecule has 4 heteroatoms. The van der Waals surface area contributed by atoms with Crippen LogP contribution in [-0.4, -0.2) is 30.6 Å². The van der Waals surface area contributed by atoms with Crippen LogP contribution in [0.2, 0.25) is 0 Å². The molecule has 0 spiro atoms. The van der Waals surface area contributed by atoms with E-state index in [1.807, 2.05) is 0 Å². The van der Waals surface area contributed by atoms with Crippen molar-refractivity contribution in [1.29, 1.82) is 0 Å². The zero-order valence-electron chi connectivity index (χ0n) is 10.8. The number of piperazine rings is 1. The molecule has 0 aromatic heterocycles. The van der Waals surface area contributed by atoms with Gasteiger partial charge in [-0.15, -0.1) is 0 Å². The zero-order valence-corrected chi connectivity index (χ0v) is 10.8. The summed E-state index contributed by atoms with van der Waals surface area (Å²) >= 11 is 0. The van der Waals surface area contributed by atoms with Crippen LogP contribution in [0.4, 0.5) is 8.78 Å². The standard InChI is InChI=1S/C14H20F2N2/c1-2-4-11-9-17-7-8-18(11)10-12-13(15)5-3-6-14(12)16/h3,5-6,11,17H,2,4,7-10H2,1H3. The van der Waals surface area contributed by atoms with E-state index < -0.39 is 11.6 Å². The van der Waals surface area contributed by atoms with Gasteiger partial charge >= 0.3 is 0 Å². The number of rotatable bonds is 4. The summed E-state index contributed by atoms with van der Waals surface area (Å²) in [5.41, 5.74) is 0.195. The lowest BCUT2D eigenvalue weighted by atomic mass is 10.1. The summed E-state index contributed by atoms with van der Waals surface area (Å²) in [6, 6.07) is 4.45. The van der Waals surface area contributed by atoms with Crippen LogP contribution in [0, 0.1) is 11.6 Å². The van der Waals surface area contributed by atoms with Crippen molar-refractivity contribution in [3.05, 3.63) is 35.4 Å². The maximum atomic E-state index is 13.6. The number of nitrogens with zero attached hydrogens (tertiary/aromatic N) is 1. The van der Waals surface area contributed by atoms with Crippen molar-refractivity contribution in [3.8, 4) is 0 Å². The summed E-state index contributed by atoms with van der Waals surface area (Å²) in [6.45, 7) is 5.14. The summed E-state index contributed by atoms with van der Waals surface area (Å²) in [7, 11) is 0. The lowest BCUT2D eigenvalue weighted by molar-refractivity contribution is 0.141. The van der Waals surface area contributed by atoms with Crippen LogP contribution in [0.15, 0.2) is 18.2 Å². The van der Waals surface area contributed by atoms with Crippen molar-refractivity contribution in [2.24, 2.45) is 0 Å². The molecule has 1 heterocycles. The molecule has 0 aliphatic carbocycles. The van der Waals surface area contributed by atoms with Gasteiger partial charge in [0.25, 0.3) is 0 Å². The van der Waals surface area contributed by atoms with Crippen LogP contribution in [0.25, 0.3) is 0 Å². The van der Waals surface area contributed by atoms with E-state index in [1.54, 1.807) is 0 Å². The highest BCUT2D eigenvalue weighted by Crippen LogP contribution is 2.18. The minimum absolute atomic E-state index is 0.195. The number of nitrogens with one attached hydrogen (secondary N) is 1. The van der Waals surface area contributed by atoms with Crippen molar-refractivity contribution in [3.63, 3.8) is 0 Å². The Labute approximate surface area is 107 Å². The lowest BCUT2D eigenvalue weighted by Gasteiger charge is -2.36. The number of benzene rings is 1. The Morgan fingerprint density at radius 1 is 1.33 bits per heavy atom. The van der Waals surface area contributed by atoms with Crippen LogP contribution >= 0.6 is 0 Å². The van der Waals surface area contributed by atoms with Gasteiger partial charge in [0, 0.05) is 37.8 Å². The molecule has 1 aromatic carbocycles. The van der Waals surface area contributed by atoms with E-state index in [0.29, 0.717) is 12.6 Å². The second-order valence-corrected chi connectivity index (χ2v) is 4.82. The van der Waals surface area contributed by atoms with Gasteiger partial charge in [-0.25, -0.2) is 8.78 Å². The number of hydrogen-bond donors (Lipinski definition) is 1. The highest BCUT2D eigenvalue weighted by Gasteiger charge is 2.23. The summed E-state index contributed by atoms with van der Waals surface area (Å²) in [5, 5.41) is 3.34. The van der Waals surface area contributed by atoms with Crippen molar-refractivity contribution < 1.29 is 8.78 Å². The van der Waals surface area contributed by atoms with E-state index in [4.69, 9.17) is 0 Å². The van der Waals surface area contributed by atoms with Gasteiger partial charge in [-0.1, -0.05) is 19.4 Å². The molecule has 0 bridgehead atoms. The monoisotopic (exact) mass is 254 g/mol. The molecule has 2 rings (SSSR count). The Morgan fingerprint density at radius 3 is 2.72 bits per heavy atom. The summed E-state index contributed by atoms with van der Waals surface area (Å²) in [4.78, 5) is 2.18. The fourth-order valence-corrected chi connectivity index (χ4v) is 2.52. The van der Waals surface area contributed by atoms with Gasteiger partial charge in [-0.2, -0.15) is 0 Å². The Morgan fingerprint density at radius 2 is 2.06 bits per heavy atom. The van der Waals surface area contributed by atoms with E-state index in [9.17, 15) is 8.78 Å². The van der Waals surface area contributed by atoms with E-state index >= 15 is 0 Å². The van der Waals surface area contributed by atoms with Crippen molar-refractivity contribution in [2.75, 3.05) is 19.6 Å². The Balaban J connectivity index is 2.11.